The molecule has 2 aromatic rings. The molecule has 0 aliphatic rings. The summed E-state index contributed by atoms with van der Waals surface area (Å²) in [7, 11) is 0. The average Bonchev–Trinajstić information content (AvgIpc) is 2.75. The summed E-state index contributed by atoms with van der Waals surface area (Å²) in [5.74, 6) is 0.334. The summed E-state index contributed by atoms with van der Waals surface area (Å²) < 4.78 is 1.68. The molecule has 20 heavy (non-hydrogen) atoms. The molecule has 3 heteroatoms. The minimum atomic E-state index is 0.103. The Balaban J connectivity index is 2.49. The van der Waals surface area contributed by atoms with Crippen molar-refractivity contribution in [3.8, 4) is 5.69 Å². The second-order valence-corrected chi connectivity index (χ2v) is 5.74. The first-order valence-electron chi connectivity index (χ1n) is 7.45. The number of aromatic nitrogens is 2. The van der Waals surface area contributed by atoms with Crippen LogP contribution in [0.1, 0.15) is 56.4 Å². The van der Waals surface area contributed by atoms with Gasteiger partial charge >= 0.3 is 0 Å². The summed E-state index contributed by atoms with van der Waals surface area (Å²) in [6, 6.07) is 8.04. The Morgan fingerprint density at radius 3 is 2.40 bits per heavy atom. The number of hydrogen-bond donors (Lipinski definition) is 1. The predicted octanol–water partition coefficient (Wildman–Crippen LogP) is 3.94. The fraction of sp³-hybridized carbons (Fsp3) is 0.471. The van der Waals surface area contributed by atoms with Crippen LogP contribution in [-0.2, 0) is 6.42 Å². The van der Waals surface area contributed by atoms with Gasteiger partial charge in [-0.25, -0.2) is 4.68 Å². The molecule has 1 aromatic carbocycles. The van der Waals surface area contributed by atoms with Gasteiger partial charge in [-0.05, 0) is 37.8 Å². The zero-order chi connectivity index (χ0) is 14.7. The maximum atomic E-state index is 12.6. The molecule has 0 aliphatic heterocycles. The van der Waals surface area contributed by atoms with E-state index in [1.165, 1.54) is 5.56 Å². The van der Waals surface area contributed by atoms with Gasteiger partial charge in [0.15, 0.2) is 0 Å². The van der Waals surface area contributed by atoms with Gasteiger partial charge in [-0.2, -0.15) is 0 Å². The van der Waals surface area contributed by atoms with Crippen LogP contribution in [0.2, 0.25) is 0 Å². The lowest BCUT2D eigenvalue weighted by atomic mass is 10.0. The third-order valence-corrected chi connectivity index (χ3v) is 3.67. The molecule has 0 unspecified atom stereocenters. The summed E-state index contributed by atoms with van der Waals surface area (Å²) in [5, 5.41) is 3.30. The van der Waals surface area contributed by atoms with Gasteiger partial charge in [0.25, 0.3) is 5.56 Å². The zero-order valence-corrected chi connectivity index (χ0v) is 12.9. The Morgan fingerprint density at radius 2 is 1.85 bits per heavy atom. The molecule has 1 heterocycles. The number of nitrogens with zero attached hydrogens (tertiary/aromatic N) is 1. The van der Waals surface area contributed by atoms with Gasteiger partial charge in [0.05, 0.1) is 5.69 Å². The minimum Gasteiger partial charge on any atom is -0.294 e. The van der Waals surface area contributed by atoms with Crippen molar-refractivity contribution in [2.75, 3.05) is 0 Å². The molecular formula is C17H24N2O. The van der Waals surface area contributed by atoms with E-state index in [0.717, 1.165) is 36.2 Å². The van der Waals surface area contributed by atoms with Crippen LogP contribution in [-0.4, -0.2) is 9.78 Å². The van der Waals surface area contributed by atoms with Gasteiger partial charge in [0.1, 0.15) is 0 Å². The van der Waals surface area contributed by atoms with E-state index in [2.05, 4.69) is 25.9 Å². The predicted molar refractivity (Wildman–Crippen MR) is 83.8 cm³/mol. The normalized spacial score (nSPS) is 11.2. The molecule has 1 N–H and O–H groups in total. The molecule has 0 saturated carbocycles. The molecule has 0 saturated heterocycles. The molecule has 0 atom stereocenters. The second kappa shape index (κ2) is 6.12. The standard InChI is InChI=1S/C17H24N2O/c1-5-6-7-15-16(12(2)3)18-19(17(15)20)14-10-8-13(4)9-11-14/h8-12,18H,5-7H2,1-4H3. The van der Waals surface area contributed by atoms with E-state index in [4.69, 9.17) is 0 Å². The number of benzene rings is 1. The number of unbranched alkanes of at least 4 members (excludes halogenated alkanes) is 1. The first-order valence-corrected chi connectivity index (χ1v) is 7.45. The third-order valence-electron chi connectivity index (χ3n) is 3.67. The maximum Gasteiger partial charge on any atom is 0.274 e. The fourth-order valence-corrected chi connectivity index (χ4v) is 2.44. The lowest BCUT2D eigenvalue weighted by Gasteiger charge is -2.05. The van der Waals surface area contributed by atoms with Crippen molar-refractivity contribution in [1.29, 1.82) is 0 Å². The molecule has 0 spiro atoms. The number of aryl methyl sites for hydroxylation is 1. The van der Waals surface area contributed by atoms with E-state index in [0.29, 0.717) is 5.92 Å². The fourth-order valence-electron chi connectivity index (χ4n) is 2.44. The third kappa shape index (κ3) is 2.87. The van der Waals surface area contributed by atoms with Gasteiger partial charge in [0, 0.05) is 11.3 Å². The quantitative estimate of drug-likeness (QED) is 0.879. The Bertz CT molecular complexity index is 617. The number of hydrogen-bond acceptors (Lipinski definition) is 1. The van der Waals surface area contributed by atoms with E-state index in [9.17, 15) is 4.79 Å². The SMILES string of the molecule is CCCCc1c(C(C)C)[nH]n(-c2ccc(C)cc2)c1=O. The highest BCUT2D eigenvalue weighted by Crippen LogP contribution is 2.18. The highest BCUT2D eigenvalue weighted by molar-refractivity contribution is 5.35. The van der Waals surface area contributed by atoms with Crippen molar-refractivity contribution in [3.63, 3.8) is 0 Å². The van der Waals surface area contributed by atoms with Gasteiger partial charge in [-0.1, -0.05) is 44.9 Å². The Kier molecular flexibility index (Phi) is 4.48. The summed E-state index contributed by atoms with van der Waals surface area (Å²) in [6.07, 6.45) is 3.02. The van der Waals surface area contributed by atoms with Crippen molar-refractivity contribution in [2.24, 2.45) is 0 Å². The molecular weight excluding hydrogens is 248 g/mol. The molecule has 0 amide bonds. The molecule has 0 bridgehead atoms. The number of aromatic amines is 1. The Hall–Kier alpha value is -1.77. The highest BCUT2D eigenvalue weighted by Gasteiger charge is 2.16. The van der Waals surface area contributed by atoms with Crippen molar-refractivity contribution >= 4 is 0 Å². The van der Waals surface area contributed by atoms with Crippen LogP contribution in [0.3, 0.4) is 0 Å². The highest BCUT2D eigenvalue weighted by atomic mass is 16.1. The van der Waals surface area contributed by atoms with Crippen LogP contribution < -0.4 is 5.56 Å². The second-order valence-electron chi connectivity index (χ2n) is 5.74. The summed E-state index contributed by atoms with van der Waals surface area (Å²) in [4.78, 5) is 12.6. The number of nitrogens with one attached hydrogen (secondary N) is 1. The Labute approximate surface area is 120 Å². The van der Waals surface area contributed by atoms with Crippen LogP contribution in [0.25, 0.3) is 5.69 Å². The Morgan fingerprint density at radius 1 is 1.20 bits per heavy atom. The first kappa shape index (κ1) is 14.6. The van der Waals surface area contributed by atoms with Crippen molar-refractivity contribution in [2.45, 2.75) is 52.9 Å². The summed E-state index contributed by atoms with van der Waals surface area (Å²) >= 11 is 0. The van der Waals surface area contributed by atoms with Gasteiger partial charge in [0.2, 0.25) is 0 Å². The molecule has 108 valence electrons. The molecule has 1 aromatic heterocycles. The monoisotopic (exact) mass is 272 g/mol. The van der Waals surface area contributed by atoms with E-state index >= 15 is 0 Å². The van der Waals surface area contributed by atoms with Crippen molar-refractivity contribution in [1.82, 2.24) is 9.78 Å². The number of rotatable bonds is 5. The van der Waals surface area contributed by atoms with Crippen LogP contribution in [0.15, 0.2) is 29.1 Å². The zero-order valence-electron chi connectivity index (χ0n) is 12.9. The van der Waals surface area contributed by atoms with Crippen molar-refractivity contribution < 1.29 is 0 Å². The molecule has 3 nitrogen and oxygen atoms in total. The topological polar surface area (TPSA) is 37.8 Å². The minimum absolute atomic E-state index is 0.103. The van der Waals surface area contributed by atoms with Gasteiger partial charge in [-0.15, -0.1) is 0 Å². The first-order chi connectivity index (χ1) is 9.54. The lowest BCUT2D eigenvalue weighted by Crippen LogP contribution is -2.17. The van der Waals surface area contributed by atoms with Crippen LogP contribution >= 0.6 is 0 Å². The van der Waals surface area contributed by atoms with E-state index < -0.39 is 0 Å². The molecule has 2 rings (SSSR count). The lowest BCUT2D eigenvalue weighted by molar-refractivity contribution is 0.744. The van der Waals surface area contributed by atoms with E-state index in [-0.39, 0.29) is 5.56 Å². The van der Waals surface area contributed by atoms with Crippen LogP contribution in [0, 0.1) is 6.92 Å². The van der Waals surface area contributed by atoms with E-state index in [1.54, 1.807) is 4.68 Å². The summed E-state index contributed by atoms with van der Waals surface area (Å²) in [6.45, 7) is 8.45. The maximum absolute atomic E-state index is 12.6. The smallest absolute Gasteiger partial charge is 0.274 e. The largest absolute Gasteiger partial charge is 0.294 e. The van der Waals surface area contributed by atoms with Gasteiger partial charge < -0.3 is 0 Å². The van der Waals surface area contributed by atoms with Crippen molar-refractivity contribution in [3.05, 3.63) is 51.4 Å². The van der Waals surface area contributed by atoms with E-state index in [1.807, 2.05) is 31.2 Å². The average molecular weight is 272 g/mol. The molecule has 0 radical (unpaired) electrons. The van der Waals surface area contributed by atoms with Gasteiger partial charge in [-0.3, -0.25) is 9.89 Å². The summed E-state index contributed by atoms with van der Waals surface area (Å²) in [5.41, 5.74) is 4.23. The number of H-pyrrole nitrogens is 1. The molecule has 0 aliphatic carbocycles. The van der Waals surface area contributed by atoms with Crippen LogP contribution in [0.4, 0.5) is 0 Å². The van der Waals surface area contributed by atoms with Crippen LogP contribution in [0.5, 0.6) is 0 Å². The molecule has 0 fully saturated rings.